The van der Waals surface area contributed by atoms with Gasteiger partial charge in [0.15, 0.2) is 0 Å². The van der Waals surface area contributed by atoms with Crippen LogP contribution < -0.4 is 10.1 Å². The molecule has 1 saturated heterocycles. The average Bonchev–Trinajstić information content (AvgIpc) is 2.48. The number of likely N-dealkylation sites (tertiary alicyclic amines) is 1. The third-order valence-corrected chi connectivity index (χ3v) is 5.05. The normalized spacial score (nSPS) is 25.2. The number of benzene rings is 1. The molecule has 1 aromatic carbocycles. The van der Waals surface area contributed by atoms with Gasteiger partial charge in [-0.2, -0.15) is 0 Å². The van der Waals surface area contributed by atoms with Crippen LogP contribution in [-0.2, 0) is 0 Å². The van der Waals surface area contributed by atoms with Crippen molar-refractivity contribution in [1.29, 1.82) is 0 Å². The molecule has 2 aliphatic rings. The Labute approximate surface area is 126 Å². The number of nitrogens with zero attached hydrogens (tertiary/aromatic N) is 1. The second kappa shape index (κ2) is 5.55. The summed E-state index contributed by atoms with van der Waals surface area (Å²) in [7, 11) is 2.02. The minimum absolute atomic E-state index is 0.000175. The van der Waals surface area contributed by atoms with Gasteiger partial charge in [0.1, 0.15) is 11.4 Å². The summed E-state index contributed by atoms with van der Waals surface area (Å²) in [4.78, 5) is 2.50. The molecule has 0 aromatic heterocycles. The molecule has 1 N–H and O–H groups in total. The lowest BCUT2D eigenvalue weighted by Gasteiger charge is -2.46. The number of fused-ring (bicyclic) bond motifs is 1. The van der Waals surface area contributed by atoms with E-state index in [0.29, 0.717) is 6.04 Å². The summed E-state index contributed by atoms with van der Waals surface area (Å²) < 4.78 is 6.41. The van der Waals surface area contributed by atoms with Crippen LogP contribution in [0.4, 0.5) is 0 Å². The van der Waals surface area contributed by atoms with E-state index in [1.165, 1.54) is 5.56 Å². The molecule has 0 bridgehead atoms. The fourth-order valence-corrected chi connectivity index (χ4v) is 3.66. The van der Waals surface area contributed by atoms with Gasteiger partial charge in [-0.05, 0) is 44.6 Å². The molecule has 1 spiro atoms. The Kier molecular flexibility index (Phi) is 3.93. The molecule has 2 aliphatic heterocycles. The van der Waals surface area contributed by atoms with Crippen LogP contribution in [0.2, 0.25) is 5.02 Å². The third-order valence-electron chi connectivity index (χ3n) is 4.81. The Morgan fingerprint density at radius 3 is 2.80 bits per heavy atom. The molecule has 3 nitrogen and oxygen atoms in total. The molecule has 0 saturated carbocycles. The number of piperidine rings is 1. The fraction of sp³-hybridized carbons (Fsp3) is 0.625. The zero-order chi connectivity index (χ0) is 14.2. The van der Waals surface area contributed by atoms with E-state index in [2.05, 4.69) is 17.1 Å². The van der Waals surface area contributed by atoms with E-state index in [1.54, 1.807) is 0 Å². The van der Waals surface area contributed by atoms with Gasteiger partial charge < -0.3 is 15.0 Å². The standard InChI is InChI=1S/C16H23ClN2O/c1-3-19-8-6-16(7-9-19)11-14(18-2)13-10-12(17)4-5-15(13)20-16/h4-5,10,14,18H,3,6-9,11H2,1-2H3. The molecule has 20 heavy (non-hydrogen) atoms. The molecule has 0 radical (unpaired) electrons. The second-order valence-electron chi connectivity index (χ2n) is 5.95. The van der Waals surface area contributed by atoms with Gasteiger partial charge in [-0.3, -0.25) is 0 Å². The highest BCUT2D eigenvalue weighted by atomic mass is 35.5. The lowest BCUT2D eigenvalue weighted by atomic mass is 9.80. The van der Waals surface area contributed by atoms with Crippen LogP contribution >= 0.6 is 11.6 Å². The summed E-state index contributed by atoms with van der Waals surface area (Å²) in [5.74, 6) is 1.00. The lowest BCUT2D eigenvalue weighted by molar-refractivity contribution is -0.0235. The molecule has 1 atom stereocenters. The Bertz CT molecular complexity index is 483. The van der Waals surface area contributed by atoms with Crippen molar-refractivity contribution in [3.63, 3.8) is 0 Å². The molecule has 1 fully saturated rings. The van der Waals surface area contributed by atoms with Crippen molar-refractivity contribution in [3.8, 4) is 5.75 Å². The largest absolute Gasteiger partial charge is 0.487 e. The van der Waals surface area contributed by atoms with Crippen LogP contribution in [0.25, 0.3) is 0 Å². The fourth-order valence-electron chi connectivity index (χ4n) is 3.48. The predicted octanol–water partition coefficient (Wildman–Crippen LogP) is 3.24. The highest BCUT2D eigenvalue weighted by Crippen LogP contribution is 2.44. The molecule has 0 amide bonds. The topological polar surface area (TPSA) is 24.5 Å². The molecule has 1 unspecified atom stereocenters. The second-order valence-corrected chi connectivity index (χ2v) is 6.38. The monoisotopic (exact) mass is 294 g/mol. The highest BCUT2D eigenvalue weighted by molar-refractivity contribution is 6.30. The Morgan fingerprint density at radius 2 is 2.15 bits per heavy atom. The van der Waals surface area contributed by atoms with E-state index >= 15 is 0 Å². The van der Waals surface area contributed by atoms with Crippen LogP contribution in [-0.4, -0.2) is 37.2 Å². The molecular formula is C16H23ClN2O. The minimum atomic E-state index is 0.000175. The first-order chi connectivity index (χ1) is 9.65. The van der Waals surface area contributed by atoms with Gasteiger partial charge in [-0.15, -0.1) is 0 Å². The minimum Gasteiger partial charge on any atom is -0.487 e. The van der Waals surface area contributed by atoms with Crippen molar-refractivity contribution in [2.45, 2.75) is 37.8 Å². The van der Waals surface area contributed by atoms with E-state index in [9.17, 15) is 0 Å². The van der Waals surface area contributed by atoms with Gasteiger partial charge in [0, 0.05) is 36.1 Å². The molecule has 1 aromatic rings. The zero-order valence-corrected chi connectivity index (χ0v) is 13.0. The number of halogens is 1. The van der Waals surface area contributed by atoms with E-state index in [4.69, 9.17) is 16.3 Å². The summed E-state index contributed by atoms with van der Waals surface area (Å²) in [5, 5.41) is 4.21. The molecule has 110 valence electrons. The molecular weight excluding hydrogens is 272 g/mol. The van der Waals surface area contributed by atoms with Crippen molar-refractivity contribution in [2.75, 3.05) is 26.7 Å². The van der Waals surface area contributed by atoms with Gasteiger partial charge in [0.2, 0.25) is 0 Å². The Hall–Kier alpha value is -0.770. The van der Waals surface area contributed by atoms with Gasteiger partial charge >= 0.3 is 0 Å². The Morgan fingerprint density at radius 1 is 1.40 bits per heavy atom. The Balaban J connectivity index is 1.86. The van der Waals surface area contributed by atoms with Gasteiger partial charge in [-0.1, -0.05) is 18.5 Å². The first kappa shape index (κ1) is 14.2. The predicted molar refractivity (Wildman–Crippen MR) is 82.6 cm³/mol. The number of nitrogens with one attached hydrogen (secondary N) is 1. The van der Waals surface area contributed by atoms with E-state index in [-0.39, 0.29) is 5.60 Å². The van der Waals surface area contributed by atoms with E-state index < -0.39 is 0 Å². The van der Waals surface area contributed by atoms with Crippen LogP contribution in [0.3, 0.4) is 0 Å². The maximum atomic E-state index is 6.41. The molecule has 2 heterocycles. The van der Waals surface area contributed by atoms with Crippen molar-refractivity contribution in [2.24, 2.45) is 0 Å². The smallest absolute Gasteiger partial charge is 0.125 e. The maximum absolute atomic E-state index is 6.41. The van der Waals surface area contributed by atoms with Crippen LogP contribution in [0.15, 0.2) is 18.2 Å². The van der Waals surface area contributed by atoms with Crippen molar-refractivity contribution >= 4 is 11.6 Å². The lowest BCUT2D eigenvalue weighted by Crippen LogP contribution is -2.51. The first-order valence-electron chi connectivity index (χ1n) is 7.54. The van der Waals surface area contributed by atoms with E-state index in [1.807, 2.05) is 25.2 Å². The van der Waals surface area contributed by atoms with Crippen molar-refractivity contribution in [3.05, 3.63) is 28.8 Å². The van der Waals surface area contributed by atoms with Gasteiger partial charge in [-0.25, -0.2) is 0 Å². The van der Waals surface area contributed by atoms with Crippen molar-refractivity contribution in [1.82, 2.24) is 10.2 Å². The van der Waals surface area contributed by atoms with Gasteiger partial charge in [0.05, 0.1) is 0 Å². The van der Waals surface area contributed by atoms with Crippen LogP contribution in [0.1, 0.15) is 37.8 Å². The van der Waals surface area contributed by atoms with Crippen molar-refractivity contribution < 1.29 is 4.74 Å². The number of hydrogen-bond acceptors (Lipinski definition) is 3. The summed E-state index contributed by atoms with van der Waals surface area (Å²) in [6.45, 7) is 5.64. The van der Waals surface area contributed by atoms with Crippen LogP contribution in [0, 0.1) is 0 Å². The number of rotatable bonds is 2. The molecule has 0 aliphatic carbocycles. The first-order valence-corrected chi connectivity index (χ1v) is 7.92. The number of hydrogen-bond donors (Lipinski definition) is 1. The van der Waals surface area contributed by atoms with E-state index in [0.717, 1.165) is 49.7 Å². The average molecular weight is 295 g/mol. The molecule has 4 heteroatoms. The summed E-state index contributed by atoms with van der Waals surface area (Å²) in [6, 6.07) is 6.32. The third kappa shape index (κ3) is 2.54. The molecule has 3 rings (SSSR count). The maximum Gasteiger partial charge on any atom is 0.125 e. The summed E-state index contributed by atoms with van der Waals surface area (Å²) >= 11 is 6.12. The summed E-state index contributed by atoms with van der Waals surface area (Å²) in [6.07, 6.45) is 3.26. The summed E-state index contributed by atoms with van der Waals surface area (Å²) in [5.41, 5.74) is 1.20. The van der Waals surface area contributed by atoms with Gasteiger partial charge in [0.25, 0.3) is 0 Å². The SMILES string of the molecule is CCN1CCC2(CC1)CC(NC)c1cc(Cl)ccc1O2. The highest BCUT2D eigenvalue weighted by Gasteiger charge is 2.42. The zero-order valence-electron chi connectivity index (χ0n) is 12.3. The quantitative estimate of drug-likeness (QED) is 0.906. The van der Waals surface area contributed by atoms with Crippen LogP contribution in [0.5, 0.6) is 5.75 Å². The number of ether oxygens (including phenoxy) is 1.